The van der Waals surface area contributed by atoms with Crippen LogP contribution >= 0.6 is 0 Å². The minimum atomic E-state index is -0.426. The van der Waals surface area contributed by atoms with Crippen molar-refractivity contribution >= 4 is 23.4 Å². The van der Waals surface area contributed by atoms with Crippen molar-refractivity contribution in [2.45, 2.75) is 56.7 Å². The number of nitrogens with one attached hydrogen (secondary N) is 3. The van der Waals surface area contributed by atoms with Crippen molar-refractivity contribution in [1.82, 2.24) is 15.2 Å². The molecule has 2 aromatic rings. The molecular formula is C25H32N6O2. The van der Waals surface area contributed by atoms with Gasteiger partial charge in [-0.15, -0.1) is 0 Å². The lowest BCUT2D eigenvalue weighted by Crippen LogP contribution is -2.63. The molecule has 1 aliphatic carbocycles. The maximum atomic E-state index is 13.1. The van der Waals surface area contributed by atoms with E-state index in [1.54, 1.807) is 13.3 Å². The first-order chi connectivity index (χ1) is 16.1. The number of pyridine rings is 1. The number of anilines is 2. The van der Waals surface area contributed by atoms with Gasteiger partial charge in [-0.1, -0.05) is 25.0 Å². The third-order valence-electron chi connectivity index (χ3n) is 6.87. The summed E-state index contributed by atoms with van der Waals surface area (Å²) in [6.45, 7) is 1.74. The van der Waals surface area contributed by atoms with E-state index in [0.29, 0.717) is 19.1 Å². The molecule has 0 bridgehead atoms. The summed E-state index contributed by atoms with van der Waals surface area (Å²) in [5, 5.41) is 10.3. The van der Waals surface area contributed by atoms with Crippen molar-refractivity contribution in [1.29, 1.82) is 0 Å². The molecule has 1 aromatic carbocycles. The molecule has 1 saturated carbocycles. The molecule has 0 unspecified atom stereocenters. The Balaban J connectivity index is 1.34. The minimum Gasteiger partial charge on any atom is -0.497 e. The van der Waals surface area contributed by atoms with Gasteiger partial charge < -0.3 is 25.6 Å². The van der Waals surface area contributed by atoms with Gasteiger partial charge in [-0.25, -0.2) is 9.78 Å². The van der Waals surface area contributed by atoms with Crippen LogP contribution in [0.3, 0.4) is 0 Å². The second kappa shape index (κ2) is 9.29. The number of aliphatic imine (C=N–C) groups is 1. The molecule has 3 heterocycles. The van der Waals surface area contributed by atoms with Gasteiger partial charge in [0.05, 0.1) is 25.4 Å². The molecule has 2 fully saturated rings. The number of fused-ring (bicyclic) bond motifs is 1. The molecule has 174 valence electrons. The van der Waals surface area contributed by atoms with E-state index in [0.717, 1.165) is 60.9 Å². The lowest BCUT2D eigenvalue weighted by atomic mass is 9.85. The van der Waals surface area contributed by atoms with Gasteiger partial charge in [-0.05, 0) is 55.5 Å². The van der Waals surface area contributed by atoms with Crippen molar-refractivity contribution in [3.63, 3.8) is 0 Å². The average Bonchev–Trinajstić information content (AvgIpc) is 3.36. The van der Waals surface area contributed by atoms with Gasteiger partial charge in [0.2, 0.25) is 0 Å². The van der Waals surface area contributed by atoms with Gasteiger partial charge in [0.25, 0.3) is 0 Å². The van der Waals surface area contributed by atoms with E-state index in [2.05, 4.69) is 20.9 Å². The van der Waals surface area contributed by atoms with E-state index >= 15 is 0 Å². The molecule has 5 rings (SSSR count). The number of carbonyl (C=O) groups is 1. The fourth-order valence-corrected chi connectivity index (χ4v) is 5.12. The minimum absolute atomic E-state index is 0.0594. The standard InChI is InChI=1S/C25H32N6O2/c1-33-20-10-4-7-18(15-20)16-27-24(32)31-14-6-12-25(17-31)23(28-19-8-2-3-9-19)29-22-21(30-25)11-5-13-26-22/h4-5,7,10-11,13,15,19,30H,2-3,6,8-9,12,14,16-17H2,1H3,(H,27,32)(H,26,28,29)/t25-/m1/s1. The summed E-state index contributed by atoms with van der Waals surface area (Å²) in [5.41, 5.74) is 1.54. The molecule has 3 aliphatic rings. The van der Waals surface area contributed by atoms with E-state index in [1.807, 2.05) is 41.3 Å². The first-order valence-corrected chi connectivity index (χ1v) is 11.9. The number of hydrogen-bond donors (Lipinski definition) is 3. The van der Waals surface area contributed by atoms with E-state index in [4.69, 9.17) is 9.73 Å². The number of amides is 2. The molecule has 8 nitrogen and oxygen atoms in total. The predicted molar refractivity (Wildman–Crippen MR) is 130 cm³/mol. The molecule has 8 heteroatoms. The number of ether oxygens (including phenoxy) is 1. The second-order valence-electron chi connectivity index (χ2n) is 9.18. The summed E-state index contributed by atoms with van der Waals surface area (Å²) >= 11 is 0. The molecule has 33 heavy (non-hydrogen) atoms. The molecule has 1 atom stereocenters. The number of likely N-dealkylation sites (tertiary alicyclic amines) is 1. The van der Waals surface area contributed by atoms with Crippen LogP contribution in [0.4, 0.5) is 16.3 Å². The van der Waals surface area contributed by atoms with Gasteiger partial charge in [0.15, 0.2) is 5.82 Å². The van der Waals surface area contributed by atoms with E-state index < -0.39 is 5.54 Å². The maximum absolute atomic E-state index is 13.1. The number of urea groups is 1. The van der Waals surface area contributed by atoms with Crippen LogP contribution in [0.15, 0.2) is 47.6 Å². The zero-order valence-electron chi connectivity index (χ0n) is 19.1. The van der Waals surface area contributed by atoms with Crippen molar-refractivity contribution in [3.05, 3.63) is 48.2 Å². The highest BCUT2D eigenvalue weighted by Crippen LogP contribution is 2.36. The van der Waals surface area contributed by atoms with Gasteiger partial charge in [-0.3, -0.25) is 4.99 Å². The average molecular weight is 449 g/mol. The Morgan fingerprint density at radius 3 is 3.00 bits per heavy atom. The molecule has 0 radical (unpaired) electrons. The summed E-state index contributed by atoms with van der Waals surface area (Å²) in [6, 6.07) is 12.0. The van der Waals surface area contributed by atoms with Crippen LogP contribution in [0.1, 0.15) is 44.1 Å². The maximum Gasteiger partial charge on any atom is 0.317 e. The number of benzene rings is 1. The second-order valence-corrected chi connectivity index (χ2v) is 9.18. The number of amidine groups is 1. The first kappa shape index (κ1) is 21.6. The quantitative estimate of drug-likeness (QED) is 0.657. The van der Waals surface area contributed by atoms with Crippen molar-refractivity contribution in [2.75, 3.05) is 30.8 Å². The van der Waals surface area contributed by atoms with Crippen LogP contribution in [0.2, 0.25) is 0 Å². The lowest BCUT2D eigenvalue weighted by Gasteiger charge is -2.47. The molecule has 1 spiro atoms. The Hall–Kier alpha value is -3.29. The third-order valence-corrected chi connectivity index (χ3v) is 6.87. The number of aromatic nitrogens is 1. The zero-order chi connectivity index (χ0) is 22.7. The Labute approximate surface area is 194 Å². The normalized spacial score (nSPS) is 23.7. The van der Waals surface area contributed by atoms with Crippen molar-refractivity contribution < 1.29 is 9.53 Å². The largest absolute Gasteiger partial charge is 0.497 e. The topological polar surface area (TPSA) is 90.9 Å². The fraction of sp³-hybridized carbons (Fsp3) is 0.480. The lowest BCUT2D eigenvalue weighted by molar-refractivity contribution is 0.173. The van der Waals surface area contributed by atoms with Crippen molar-refractivity contribution in [3.8, 4) is 5.75 Å². The number of hydrogen-bond acceptors (Lipinski definition) is 5. The van der Waals surface area contributed by atoms with Gasteiger partial charge >= 0.3 is 6.03 Å². The summed E-state index contributed by atoms with van der Waals surface area (Å²) in [7, 11) is 1.65. The van der Waals surface area contributed by atoms with Crippen LogP contribution < -0.4 is 20.7 Å². The van der Waals surface area contributed by atoms with E-state index in [-0.39, 0.29) is 6.03 Å². The Morgan fingerprint density at radius 2 is 2.15 bits per heavy atom. The fourth-order valence-electron chi connectivity index (χ4n) is 5.12. The molecular weight excluding hydrogens is 416 g/mol. The summed E-state index contributed by atoms with van der Waals surface area (Å²) in [6.07, 6.45) is 8.32. The van der Waals surface area contributed by atoms with E-state index in [9.17, 15) is 4.79 Å². The molecule has 2 amide bonds. The molecule has 1 saturated heterocycles. The van der Waals surface area contributed by atoms with Gasteiger partial charge in [0.1, 0.15) is 17.1 Å². The van der Waals surface area contributed by atoms with E-state index in [1.165, 1.54) is 12.8 Å². The summed E-state index contributed by atoms with van der Waals surface area (Å²) in [4.78, 5) is 24.7. The number of piperidine rings is 1. The van der Waals surface area contributed by atoms with Crippen LogP contribution in [0.5, 0.6) is 5.75 Å². The zero-order valence-corrected chi connectivity index (χ0v) is 19.1. The first-order valence-electron chi connectivity index (χ1n) is 11.9. The third kappa shape index (κ3) is 4.60. The monoisotopic (exact) mass is 448 g/mol. The highest BCUT2D eigenvalue weighted by molar-refractivity contribution is 6.09. The summed E-state index contributed by atoms with van der Waals surface area (Å²) < 4.78 is 5.29. The molecule has 1 aromatic heterocycles. The molecule has 3 N–H and O–H groups in total. The van der Waals surface area contributed by atoms with Gasteiger partial charge in [-0.2, -0.15) is 0 Å². The van der Waals surface area contributed by atoms with Crippen LogP contribution in [0, 0.1) is 0 Å². The highest BCUT2D eigenvalue weighted by atomic mass is 16.5. The smallest absolute Gasteiger partial charge is 0.317 e. The summed E-state index contributed by atoms with van der Waals surface area (Å²) in [5.74, 6) is 2.52. The van der Waals surface area contributed by atoms with Crippen LogP contribution in [0.25, 0.3) is 0 Å². The Morgan fingerprint density at radius 1 is 1.27 bits per heavy atom. The van der Waals surface area contributed by atoms with Crippen molar-refractivity contribution in [2.24, 2.45) is 4.99 Å². The number of nitrogens with zero attached hydrogens (tertiary/aromatic N) is 3. The Bertz CT molecular complexity index is 1040. The predicted octanol–water partition coefficient (Wildman–Crippen LogP) is 4.01. The Kier molecular flexibility index (Phi) is 6.07. The number of methoxy groups -OCH3 is 1. The van der Waals surface area contributed by atoms with Gasteiger partial charge in [0, 0.05) is 19.3 Å². The SMILES string of the molecule is COc1cccc(CNC(=O)N2CCC[C@]3(C2)Nc2cccnc2NC3=NC2CCCC2)c1. The van der Waals surface area contributed by atoms with Crippen LogP contribution in [-0.2, 0) is 6.54 Å². The number of rotatable bonds is 4. The highest BCUT2D eigenvalue weighted by Gasteiger charge is 2.45. The number of carbonyl (C=O) groups excluding carboxylic acids is 1. The molecule has 2 aliphatic heterocycles. The van der Waals surface area contributed by atoms with Crippen LogP contribution in [-0.4, -0.2) is 53.5 Å².